The van der Waals surface area contributed by atoms with Gasteiger partial charge in [0.15, 0.2) is 0 Å². The number of carbonyl (C=O) groups excluding carboxylic acids is 4. The predicted octanol–water partition coefficient (Wildman–Crippen LogP) is 1.78. The summed E-state index contributed by atoms with van der Waals surface area (Å²) in [5, 5.41) is 5.16. The topological polar surface area (TPSA) is 105 Å². The molecule has 2 aromatic rings. The second kappa shape index (κ2) is 7.69. The van der Waals surface area contributed by atoms with Gasteiger partial charge in [-0.25, -0.2) is 9.59 Å². The Morgan fingerprint density at radius 1 is 1.11 bits per heavy atom. The number of hydrogen-bond acceptors (Lipinski definition) is 5. The number of imide groups is 1. The van der Waals surface area contributed by atoms with Crippen molar-refractivity contribution < 1.29 is 23.9 Å². The molecule has 1 saturated heterocycles. The molecular weight excluding hydrogens is 350 g/mol. The maximum atomic E-state index is 12.5. The van der Waals surface area contributed by atoms with Crippen molar-refractivity contribution in [2.45, 2.75) is 6.54 Å². The quantitative estimate of drug-likeness (QED) is 0.619. The fourth-order valence-electron chi connectivity index (χ4n) is 2.65. The first-order valence-corrected chi connectivity index (χ1v) is 8.15. The van der Waals surface area contributed by atoms with Crippen LogP contribution in [-0.4, -0.2) is 42.4 Å². The van der Waals surface area contributed by atoms with Crippen molar-refractivity contribution in [2.24, 2.45) is 0 Å². The van der Waals surface area contributed by atoms with E-state index < -0.39 is 12.0 Å². The van der Waals surface area contributed by atoms with E-state index in [4.69, 9.17) is 0 Å². The molecule has 4 amide bonds. The molecule has 0 radical (unpaired) electrons. The third-order valence-corrected chi connectivity index (χ3v) is 4.01. The van der Waals surface area contributed by atoms with Crippen LogP contribution in [-0.2, 0) is 16.1 Å². The first-order chi connectivity index (χ1) is 13.0. The van der Waals surface area contributed by atoms with Crippen molar-refractivity contribution in [3.05, 3.63) is 65.2 Å². The summed E-state index contributed by atoms with van der Waals surface area (Å²) in [7, 11) is 1.28. The van der Waals surface area contributed by atoms with E-state index in [-0.39, 0.29) is 24.9 Å². The van der Waals surface area contributed by atoms with Crippen molar-refractivity contribution in [2.75, 3.05) is 19.0 Å². The molecule has 27 heavy (non-hydrogen) atoms. The lowest BCUT2D eigenvalue weighted by Gasteiger charge is -2.13. The second-order valence-electron chi connectivity index (χ2n) is 5.87. The normalized spacial score (nSPS) is 13.3. The van der Waals surface area contributed by atoms with Gasteiger partial charge < -0.3 is 15.4 Å². The molecule has 3 rings (SSSR count). The molecule has 0 aliphatic carbocycles. The molecule has 8 nitrogen and oxygen atoms in total. The van der Waals surface area contributed by atoms with Gasteiger partial charge in [-0.1, -0.05) is 18.2 Å². The lowest BCUT2D eigenvalue weighted by atomic mass is 10.1. The van der Waals surface area contributed by atoms with Crippen LogP contribution in [0.5, 0.6) is 0 Å². The van der Waals surface area contributed by atoms with Crippen molar-refractivity contribution >= 4 is 29.5 Å². The highest BCUT2D eigenvalue weighted by Gasteiger charge is 2.28. The van der Waals surface area contributed by atoms with Crippen LogP contribution in [0, 0.1) is 0 Å². The average molecular weight is 367 g/mol. The summed E-state index contributed by atoms with van der Waals surface area (Å²) < 4.78 is 4.66. The molecule has 0 aromatic heterocycles. The zero-order valence-electron chi connectivity index (χ0n) is 14.5. The predicted molar refractivity (Wildman–Crippen MR) is 96.1 cm³/mol. The fourth-order valence-corrected chi connectivity index (χ4v) is 2.65. The third-order valence-electron chi connectivity index (χ3n) is 4.01. The minimum absolute atomic E-state index is 0.0183. The van der Waals surface area contributed by atoms with E-state index in [9.17, 15) is 19.2 Å². The summed E-state index contributed by atoms with van der Waals surface area (Å²) in [6, 6.07) is 12.6. The number of nitrogens with one attached hydrogen (secondary N) is 2. The average Bonchev–Trinajstić information content (AvgIpc) is 2.99. The minimum atomic E-state index is -0.498. The van der Waals surface area contributed by atoms with Crippen molar-refractivity contribution in [3.63, 3.8) is 0 Å². The molecule has 0 atom stereocenters. The van der Waals surface area contributed by atoms with E-state index in [1.54, 1.807) is 42.5 Å². The molecule has 0 unspecified atom stereocenters. The van der Waals surface area contributed by atoms with Gasteiger partial charge in [-0.05, 0) is 35.9 Å². The number of rotatable bonds is 5. The largest absolute Gasteiger partial charge is 0.465 e. The van der Waals surface area contributed by atoms with E-state index in [2.05, 4.69) is 15.4 Å². The van der Waals surface area contributed by atoms with E-state index >= 15 is 0 Å². The number of urea groups is 1. The van der Waals surface area contributed by atoms with Gasteiger partial charge in [0.2, 0.25) is 5.91 Å². The van der Waals surface area contributed by atoms with Gasteiger partial charge in [-0.3, -0.25) is 14.5 Å². The van der Waals surface area contributed by atoms with Crippen LogP contribution in [0.25, 0.3) is 0 Å². The van der Waals surface area contributed by atoms with Crippen LogP contribution >= 0.6 is 0 Å². The van der Waals surface area contributed by atoms with Gasteiger partial charge in [0.05, 0.1) is 25.8 Å². The van der Waals surface area contributed by atoms with Crippen LogP contribution in [0.1, 0.15) is 26.3 Å². The van der Waals surface area contributed by atoms with Crippen LogP contribution in [0.4, 0.5) is 10.5 Å². The number of amides is 4. The maximum absolute atomic E-state index is 12.5. The highest BCUT2D eigenvalue weighted by atomic mass is 16.5. The number of nitrogens with zero attached hydrogens (tertiary/aromatic N) is 1. The fraction of sp³-hybridized carbons (Fsp3) is 0.158. The highest BCUT2D eigenvalue weighted by molar-refractivity contribution is 6.05. The van der Waals surface area contributed by atoms with Crippen LogP contribution in [0.2, 0.25) is 0 Å². The van der Waals surface area contributed by atoms with Gasteiger partial charge in [0.1, 0.15) is 0 Å². The SMILES string of the molecule is COC(=O)c1cccc(NC(=O)c2cccc(CN3C(=O)CNC3=O)c2)c1. The molecule has 1 fully saturated rings. The van der Waals surface area contributed by atoms with Crippen LogP contribution < -0.4 is 10.6 Å². The minimum Gasteiger partial charge on any atom is -0.465 e. The number of carbonyl (C=O) groups is 4. The van der Waals surface area contributed by atoms with Gasteiger partial charge >= 0.3 is 12.0 Å². The number of methoxy groups -OCH3 is 1. The number of ether oxygens (including phenoxy) is 1. The van der Waals surface area contributed by atoms with E-state index in [0.29, 0.717) is 22.4 Å². The number of anilines is 1. The summed E-state index contributed by atoms with van der Waals surface area (Å²) in [5.74, 6) is -1.19. The summed E-state index contributed by atoms with van der Waals surface area (Å²) in [6.45, 7) is 0.0686. The first kappa shape index (κ1) is 18.1. The molecule has 0 saturated carbocycles. The highest BCUT2D eigenvalue weighted by Crippen LogP contribution is 2.15. The summed E-state index contributed by atoms with van der Waals surface area (Å²) >= 11 is 0. The smallest absolute Gasteiger partial charge is 0.337 e. The molecule has 0 bridgehead atoms. The van der Waals surface area contributed by atoms with E-state index in [0.717, 1.165) is 4.90 Å². The van der Waals surface area contributed by atoms with Gasteiger partial charge in [0, 0.05) is 11.3 Å². The third kappa shape index (κ3) is 4.12. The van der Waals surface area contributed by atoms with Crippen LogP contribution in [0.15, 0.2) is 48.5 Å². The molecular formula is C19H17N3O5. The first-order valence-electron chi connectivity index (χ1n) is 8.15. The Balaban J connectivity index is 1.73. The van der Waals surface area contributed by atoms with Crippen molar-refractivity contribution in [1.82, 2.24) is 10.2 Å². The zero-order chi connectivity index (χ0) is 19.4. The number of hydrogen-bond donors (Lipinski definition) is 2. The Morgan fingerprint density at radius 3 is 2.56 bits per heavy atom. The molecule has 1 heterocycles. The number of benzene rings is 2. The second-order valence-corrected chi connectivity index (χ2v) is 5.87. The molecule has 1 aliphatic heterocycles. The van der Waals surface area contributed by atoms with Gasteiger partial charge in [-0.2, -0.15) is 0 Å². The monoisotopic (exact) mass is 367 g/mol. The van der Waals surface area contributed by atoms with E-state index in [1.165, 1.54) is 13.2 Å². The lowest BCUT2D eigenvalue weighted by molar-refractivity contribution is -0.125. The van der Waals surface area contributed by atoms with Crippen molar-refractivity contribution in [1.29, 1.82) is 0 Å². The summed E-state index contributed by atoms with van der Waals surface area (Å²) in [6.07, 6.45) is 0. The lowest BCUT2D eigenvalue weighted by Crippen LogP contribution is -2.30. The number of esters is 1. The Morgan fingerprint density at radius 2 is 1.85 bits per heavy atom. The Kier molecular flexibility index (Phi) is 5.16. The Bertz CT molecular complexity index is 909. The van der Waals surface area contributed by atoms with E-state index in [1.807, 2.05) is 0 Å². The molecule has 0 spiro atoms. The van der Waals surface area contributed by atoms with Crippen molar-refractivity contribution in [3.8, 4) is 0 Å². The maximum Gasteiger partial charge on any atom is 0.337 e. The standard InChI is InChI=1S/C19H17N3O5/c1-27-18(25)14-6-3-7-15(9-14)21-17(24)13-5-2-4-12(8-13)11-22-16(23)10-20-19(22)26/h2-9H,10-11H2,1H3,(H,20,26)(H,21,24). The zero-order valence-corrected chi connectivity index (χ0v) is 14.5. The van der Waals surface area contributed by atoms with Crippen LogP contribution in [0.3, 0.4) is 0 Å². The molecule has 1 aliphatic rings. The summed E-state index contributed by atoms with van der Waals surface area (Å²) in [4.78, 5) is 48.5. The Labute approximate surface area is 155 Å². The van der Waals surface area contributed by atoms with Gasteiger partial charge in [-0.15, -0.1) is 0 Å². The molecule has 2 N–H and O–H groups in total. The van der Waals surface area contributed by atoms with Gasteiger partial charge in [0.25, 0.3) is 5.91 Å². The summed E-state index contributed by atoms with van der Waals surface area (Å²) in [5.41, 5.74) is 1.78. The molecule has 8 heteroatoms. The molecule has 2 aromatic carbocycles. The Hall–Kier alpha value is -3.68. The molecule has 138 valence electrons.